The fourth-order valence-electron chi connectivity index (χ4n) is 6.79. The number of benzene rings is 7. The lowest BCUT2D eigenvalue weighted by molar-refractivity contribution is 1.06. The largest absolute Gasteiger partial charge is 0.308 e. The SMILES string of the molecule is N#Cc1ccc(-c2ccc(-c3nc(-c4ccccc4)nc(-c4ccccc4)n3)c(-n3c4ccccc4c4ccc(-c5ccccc5)cc43)c2)cc1. The number of hydrogen-bond acceptors (Lipinski definition) is 4. The zero-order valence-corrected chi connectivity index (χ0v) is 27.5. The molecule has 0 saturated carbocycles. The Morgan fingerprint density at radius 1 is 0.392 bits per heavy atom. The molecule has 7 aromatic carbocycles. The second-order valence-electron chi connectivity index (χ2n) is 12.4. The van der Waals surface area contributed by atoms with Gasteiger partial charge in [0.1, 0.15) is 0 Å². The van der Waals surface area contributed by atoms with Gasteiger partial charge in [0.15, 0.2) is 17.5 Å². The number of nitriles is 1. The summed E-state index contributed by atoms with van der Waals surface area (Å²) < 4.78 is 2.34. The van der Waals surface area contributed by atoms with Gasteiger partial charge >= 0.3 is 0 Å². The lowest BCUT2D eigenvalue weighted by atomic mass is 10.00. The molecule has 238 valence electrons. The van der Waals surface area contributed by atoms with E-state index in [0.29, 0.717) is 23.0 Å². The van der Waals surface area contributed by atoms with Gasteiger partial charge in [-0.2, -0.15) is 5.26 Å². The summed E-state index contributed by atoms with van der Waals surface area (Å²) >= 11 is 0. The van der Waals surface area contributed by atoms with Crippen LogP contribution < -0.4 is 0 Å². The molecule has 0 fully saturated rings. The van der Waals surface area contributed by atoms with Crippen molar-refractivity contribution >= 4 is 21.8 Å². The van der Waals surface area contributed by atoms with Gasteiger partial charge in [0, 0.05) is 27.5 Å². The zero-order chi connectivity index (χ0) is 34.1. The van der Waals surface area contributed by atoms with E-state index in [4.69, 9.17) is 15.0 Å². The first-order valence-corrected chi connectivity index (χ1v) is 16.8. The second-order valence-corrected chi connectivity index (χ2v) is 12.4. The van der Waals surface area contributed by atoms with E-state index in [1.54, 1.807) is 0 Å². The maximum Gasteiger partial charge on any atom is 0.166 e. The third-order valence-electron chi connectivity index (χ3n) is 9.31. The lowest BCUT2D eigenvalue weighted by Gasteiger charge is -2.17. The van der Waals surface area contributed by atoms with E-state index in [1.807, 2.05) is 91.0 Å². The Balaban J connectivity index is 1.36. The third-order valence-corrected chi connectivity index (χ3v) is 9.31. The minimum Gasteiger partial charge on any atom is -0.308 e. The van der Waals surface area contributed by atoms with Crippen molar-refractivity contribution < 1.29 is 0 Å². The Morgan fingerprint density at radius 3 is 1.53 bits per heavy atom. The number of nitrogens with zero attached hydrogens (tertiary/aromatic N) is 5. The minimum absolute atomic E-state index is 0.578. The predicted molar refractivity (Wildman–Crippen MR) is 206 cm³/mol. The molecule has 5 heteroatoms. The van der Waals surface area contributed by atoms with Crippen LogP contribution in [0.2, 0.25) is 0 Å². The molecule has 0 bridgehead atoms. The number of rotatable bonds is 6. The van der Waals surface area contributed by atoms with Gasteiger partial charge in [-0.15, -0.1) is 0 Å². The summed E-state index contributed by atoms with van der Waals surface area (Å²) in [6.45, 7) is 0. The number of hydrogen-bond donors (Lipinski definition) is 0. The molecule has 0 aliphatic heterocycles. The highest BCUT2D eigenvalue weighted by Crippen LogP contribution is 2.39. The van der Waals surface area contributed by atoms with Crippen LogP contribution in [-0.4, -0.2) is 19.5 Å². The topological polar surface area (TPSA) is 67.4 Å². The molecule has 9 aromatic rings. The third kappa shape index (κ3) is 5.51. The van der Waals surface area contributed by atoms with Crippen molar-refractivity contribution in [1.82, 2.24) is 19.5 Å². The van der Waals surface area contributed by atoms with Gasteiger partial charge < -0.3 is 4.57 Å². The van der Waals surface area contributed by atoms with E-state index in [1.165, 1.54) is 0 Å². The summed E-state index contributed by atoms with van der Waals surface area (Å²) in [6.07, 6.45) is 0. The zero-order valence-electron chi connectivity index (χ0n) is 27.5. The van der Waals surface area contributed by atoms with Gasteiger partial charge in [0.05, 0.1) is 28.4 Å². The molecule has 0 unspecified atom stereocenters. The Hall–Kier alpha value is -7.16. The van der Waals surface area contributed by atoms with Gasteiger partial charge in [-0.25, -0.2) is 15.0 Å². The van der Waals surface area contributed by atoms with E-state index >= 15 is 0 Å². The van der Waals surface area contributed by atoms with Gasteiger partial charge in [0.2, 0.25) is 0 Å². The van der Waals surface area contributed by atoms with Crippen LogP contribution in [-0.2, 0) is 0 Å². The molecule has 5 nitrogen and oxygen atoms in total. The van der Waals surface area contributed by atoms with Gasteiger partial charge in [-0.05, 0) is 58.7 Å². The molecule has 2 heterocycles. The summed E-state index contributed by atoms with van der Waals surface area (Å²) in [5.74, 6) is 1.79. The fourth-order valence-corrected chi connectivity index (χ4v) is 6.79. The molecule has 0 amide bonds. The van der Waals surface area contributed by atoms with E-state index in [2.05, 4.69) is 95.6 Å². The average molecular weight is 652 g/mol. The van der Waals surface area contributed by atoms with Crippen molar-refractivity contribution in [2.75, 3.05) is 0 Å². The summed E-state index contributed by atoms with van der Waals surface area (Å²) in [7, 11) is 0. The lowest BCUT2D eigenvalue weighted by Crippen LogP contribution is -2.04. The van der Waals surface area contributed by atoms with Crippen LogP contribution >= 0.6 is 0 Å². The van der Waals surface area contributed by atoms with Crippen molar-refractivity contribution in [1.29, 1.82) is 5.26 Å². The van der Waals surface area contributed by atoms with Crippen LogP contribution in [0.15, 0.2) is 176 Å². The van der Waals surface area contributed by atoms with Gasteiger partial charge in [-0.1, -0.05) is 140 Å². The van der Waals surface area contributed by atoms with E-state index in [0.717, 1.165) is 66.4 Å². The van der Waals surface area contributed by atoms with Crippen LogP contribution in [0.5, 0.6) is 0 Å². The van der Waals surface area contributed by atoms with E-state index < -0.39 is 0 Å². The molecule has 0 atom stereocenters. The monoisotopic (exact) mass is 651 g/mol. The Morgan fingerprint density at radius 2 is 0.882 bits per heavy atom. The van der Waals surface area contributed by atoms with Crippen LogP contribution in [0.4, 0.5) is 0 Å². The maximum absolute atomic E-state index is 9.47. The molecule has 0 saturated heterocycles. The number of para-hydroxylation sites is 1. The first kappa shape index (κ1) is 29.9. The van der Waals surface area contributed by atoms with Crippen molar-refractivity contribution in [3.8, 4) is 68.2 Å². The van der Waals surface area contributed by atoms with Crippen LogP contribution in [0, 0.1) is 11.3 Å². The second kappa shape index (κ2) is 12.7. The van der Waals surface area contributed by atoms with Crippen molar-refractivity contribution in [2.24, 2.45) is 0 Å². The number of fused-ring (bicyclic) bond motifs is 3. The van der Waals surface area contributed by atoms with Crippen LogP contribution in [0.25, 0.3) is 83.9 Å². The normalized spacial score (nSPS) is 11.1. The standard InChI is InChI=1S/C46H29N5/c47-30-31-20-22-33(23-21-31)37-25-27-40(46-49-44(34-14-6-2-7-15-34)48-45(50-46)35-16-8-3-9-17-35)43(29-37)51-41-19-11-10-18-38(41)39-26-24-36(28-42(39)51)32-12-4-1-5-13-32/h1-29H. The molecule has 9 rings (SSSR count). The van der Waals surface area contributed by atoms with Crippen molar-refractivity contribution in [3.63, 3.8) is 0 Å². The highest BCUT2D eigenvalue weighted by Gasteiger charge is 2.20. The molecule has 0 aliphatic rings. The van der Waals surface area contributed by atoms with E-state index in [9.17, 15) is 5.26 Å². The first-order chi connectivity index (χ1) is 25.2. The maximum atomic E-state index is 9.47. The highest BCUT2D eigenvalue weighted by atomic mass is 15.1. The van der Waals surface area contributed by atoms with Crippen molar-refractivity contribution in [2.45, 2.75) is 0 Å². The predicted octanol–water partition coefficient (Wildman–Crippen LogP) is 11.2. The molecule has 2 aromatic heterocycles. The molecule has 51 heavy (non-hydrogen) atoms. The average Bonchev–Trinajstić information content (AvgIpc) is 3.55. The molecule has 0 spiro atoms. The Kier molecular flexibility index (Phi) is 7.46. The Bertz CT molecular complexity index is 2670. The molecular weight excluding hydrogens is 623 g/mol. The van der Waals surface area contributed by atoms with Gasteiger partial charge in [-0.3, -0.25) is 0 Å². The summed E-state index contributed by atoms with van der Waals surface area (Å²) in [6, 6.07) is 62.2. The quantitative estimate of drug-likeness (QED) is 0.179. The number of aromatic nitrogens is 4. The molecule has 0 N–H and O–H groups in total. The summed E-state index contributed by atoms with van der Waals surface area (Å²) in [5, 5.41) is 11.8. The van der Waals surface area contributed by atoms with E-state index in [-0.39, 0.29) is 0 Å². The van der Waals surface area contributed by atoms with Crippen LogP contribution in [0.3, 0.4) is 0 Å². The smallest absolute Gasteiger partial charge is 0.166 e. The molecular formula is C46H29N5. The molecule has 0 radical (unpaired) electrons. The Labute approximate surface area is 295 Å². The fraction of sp³-hybridized carbons (Fsp3) is 0. The highest BCUT2D eigenvalue weighted by molar-refractivity contribution is 6.10. The van der Waals surface area contributed by atoms with Crippen molar-refractivity contribution in [3.05, 3.63) is 181 Å². The minimum atomic E-state index is 0.578. The summed E-state index contributed by atoms with van der Waals surface area (Å²) in [4.78, 5) is 15.3. The van der Waals surface area contributed by atoms with Crippen LogP contribution in [0.1, 0.15) is 5.56 Å². The summed E-state index contributed by atoms with van der Waals surface area (Å²) in [5.41, 5.74) is 10.7. The molecule has 0 aliphatic carbocycles. The first-order valence-electron chi connectivity index (χ1n) is 16.8. The van der Waals surface area contributed by atoms with Gasteiger partial charge in [0.25, 0.3) is 0 Å².